The van der Waals surface area contributed by atoms with Crippen LogP contribution in [0.25, 0.3) is 0 Å². The molecule has 5 heteroatoms. The predicted octanol–water partition coefficient (Wildman–Crippen LogP) is 3.75. The summed E-state index contributed by atoms with van der Waals surface area (Å²) < 4.78 is 0. The van der Waals surface area contributed by atoms with Gasteiger partial charge in [0.2, 0.25) is 5.56 Å². The number of para-hydroxylation sites is 1. The highest BCUT2D eigenvalue weighted by Crippen LogP contribution is 2.39. The minimum atomic E-state index is -0.371. The molecule has 1 N–H and O–H groups in total. The normalized spacial score (nSPS) is 16.6. The van der Waals surface area contributed by atoms with Crippen molar-refractivity contribution in [2.24, 2.45) is 0 Å². The maximum Gasteiger partial charge on any atom is 0.258 e. The van der Waals surface area contributed by atoms with E-state index in [1.807, 2.05) is 18.2 Å². The van der Waals surface area contributed by atoms with Crippen molar-refractivity contribution in [2.75, 3.05) is 11.4 Å². The van der Waals surface area contributed by atoms with E-state index >= 15 is 0 Å². The zero-order valence-corrected chi connectivity index (χ0v) is 14.0. The number of H-pyrrole nitrogens is 1. The number of carbonyl (C=O) groups is 1. The van der Waals surface area contributed by atoms with Crippen LogP contribution in [-0.4, -0.2) is 17.4 Å². The number of aromatic nitrogens is 1. The average Bonchev–Trinajstić information content (AvgIpc) is 2.62. The number of rotatable bonds is 1. The number of anilines is 1. The summed E-state index contributed by atoms with van der Waals surface area (Å²) in [6.07, 6.45) is 1.91. The number of hydrogen-bond donors (Lipinski definition) is 1. The van der Waals surface area contributed by atoms with Gasteiger partial charge in [-0.1, -0.05) is 43.6 Å². The minimum Gasteiger partial charge on any atom is -0.313 e. The average molecular weight is 331 g/mol. The van der Waals surface area contributed by atoms with Crippen LogP contribution in [0.4, 0.5) is 5.69 Å². The molecule has 0 atom stereocenters. The van der Waals surface area contributed by atoms with E-state index in [-0.39, 0.29) is 22.0 Å². The van der Waals surface area contributed by atoms with Gasteiger partial charge in [-0.2, -0.15) is 0 Å². The number of amides is 1. The van der Waals surface area contributed by atoms with E-state index in [1.165, 1.54) is 12.1 Å². The van der Waals surface area contributed by atoms with E-state index in [0.717, 1.165) is 24.1 Å². The Morgan fingerprint density at radius 1 is 1.26 bits per heavy atom. The van der Waals surface area contributed by atoms with Crippen LogP contribution in [0.3, 0.4) is 0 Å². The second kappa shape index (κ2) is 5.85. The molecule has 0 radical (unpaired) electrons. The Balaban J connectivity index is 2.08. The van der Waals surface area contributed by atoms with Gasteiger partial charge in [-0.15, -0.1) is 0 Å². The molecule has 1 aromatic heterocycles. The monoisotopic (exact) mass is 330 g/mol. The van der Waals surface area contributed by atoms with Gasteiger partial charge >= 0.3 is 0 Å². The molecule has 0 unspecified atom stereocenters. The molecule has 2 heterocycles. The maximum atomic E-state index is 12.9. The van der Waals surface area contributed by atoms with Crippen molar-refractivity contribution in [1.29, 1.82) is 0 Å². The van der Waals surface area contributed by atoms with E-state index < -0.39 is 0 Å². The molecule has 3 rings (SSSR count). The molecule has 1 aliphatic rings. The summed E-state index contributed by atoms with van der Waals surface area (Å²) in [5, 5.41) is 0.171. The highest BCUT2D eigenvalue weighted by atomic mass is 35.5. The Bertz CT molecular complexity index is 811. The molecule has 0 saturated carbocycles. The SMILES string of the molecule is CC1(C)CCCN(C(=O)c2cc(Cl)[nH]c(=O)c2)c2ccccc21. The third-order valence-electron chi connectivity index (χ3n) is 4.41. The molecule has 4 nitrogen and oxygen atoms in total. The number of hydrogen-bond acceptors (Lipinski definition) is 2. The minimum absolute atomic E-state index is 0.0113. The largest absolute Gasteiger partial charge is 0.313 e. The summed E-state index contributed by atoms with van der Waals surface area (Å²) in [4.78, 5) is 28.8. The smallest absolute Gasteiger partial charge is 0.258 e. The molecule has 0 bridgehead atoms. The first-order chi connectivity index (χ1) is 10.9. The number of carbonyl (C=O) groups excluding carboxylic acids is 1. The van der Waals surface area contributed by atoms with E-state index in [0.29, 0.717) is 12.1 Å². The first kappa shape index (κ1) is 15.8. The molecule has 0 fully saturated rings. The fourth-order valence-corrected chi connectivity index (χ4v) is 3.43. The van der Waals surface area contributed by atoms with Crippen LogP contribution < -0.4 is 10.5 Å². The van der Waals surface area contributed by atoms with Gasteiger partial charge in [-0.3, -0.25) is 9.59 Å². The molecule has 0 spiro atoms. The lowest BCUT2D eigenvalue weighted by atomic mass is 9.80. The number of fused-ring (bicyclic) bond motifs is 1. The van der Waals surface area contributed by atoms with Crippen molar-refractivity contribution in [3.8, 4) is 0 Å². The second-order valence-electron chi connectivity index (χ2n) is 6.54. The molecule has 120 valence electrons. The molecular weight excluding hydrogens is 312 g/mol. The summed E-state index contributed by atoms with van der Waals surface area (Å²) in [5.41, 5.74) is 2.02. The van der Waals surface area contributed by atoms with Gasteiger partial charge < -0.3 is 9.88 Å². The third kappa shape index (κ3) is 3.04. The summed E-state index contributed by atoms with van der Waals surface area (Å²) in [6, 6.07) is 10.8. The number of nitrogens with one attached hydrogen (secondary N) is 1. The van der Waals surface area contributed by atoms with Crippen molar-refractivity contribution in [3.63, 3.8) is 0 Å². The first-order valence-corrected chi connectivity index (χ1v) is 8.07. The van der Waals surface area contributed by atoms with Crippen LogP contribution in [0.1, 0.15) is 42.6 Å². The predicted molar refractivity (Wildman–Crippen MR) is 92.5 cm³/mol. The summed E-state index contributed by atoms with van der Waals surface area (Å²) in [7, 11) is 0. The number of benzene rings is 1. The quantitative estimate of drug-likeness (QED) is 0.810. The molecule has 1 aliphatic heterocycles. The van der Waals surface area contributed by atoms with Crippen LogP contribution >= 0.6 is 11.6 Å². The highest BCUT2D eigenvalue weighted by Gasteiger charge is 2.31. The van der Waals surface area contributed by atoms with Crippen molar-refractivity contribution in [1.82, 2.24) is 4.98 Å². The van der Waals surface area contributed by atoms with E-state index in [4.69, 9.17) is 11.6 Å². The van der Waals surface area contributed by atoms with Gasteiger partial charge in [0, 0.05) is 23.9 Å². The number of halogens is 1. The lowest BCUT2D eigenvalue weighted by Crippen LogP contribution is -2.32. The molecule has 1 aromatic carbocycles. The zero-order chi connectivity index (χ0) is 16.6. The number of aromatic amines is 1. The fraction of sp³-hybridized carbons (Fsp3) is 0.333. The number of nitrogens with zero attached hydrogens (tertiary/aromatic N) is 1. The van der Waals surface area contributed by atoms with Gasteiger partial charge in [0.15, 0.2) is 0 Å². The Morgan fingerprint density at radius 2 is 2.00 bits per heavy atom. The molecule has 0 aliphatic carbocycles. The van der Waals surface area contributed by atoms with Crippen LogP contribution in [0.15, 0.2) is 41.2 Å². The Kier molecular flexibility index (Phi) is 4.02. The van der Waals surface area contributed by atoms with Crippen molar-refractivity contribution in [3.05, 3.63) is 63.0 Å². The van der Waals surface area contributed by atoms with Crippen molar-refractivity contribution >= 4 is 23.2 Å². The van der Waals surface area contributed by atoms with Gasteiger partial charge in [0.25, 0.3) is 5.91 Å². The molecule has 23 heavy (non-hydrogen) atoms. The van der Waals surface area contributed by atoms with Crippen LogP contribution in [0, 0.1) is 0 Å². The highest BCUT2D eigenvalue weighted by molar-refractivity contribution is 6.29. The van der Waals surface area contributed by atoms with Crippen molar-refractivity contribution < 1.29 is 4.79 Å². The Labute approximate surface area is 140 Å². The topological polar surface area (TPSA) is 53.2 Å². The maximum absolute atomic E-state index is 12.9. The fourth-order valence-electron chi connectivity index (χ4n) is 3.22. The van der Waals surface area contributed by atoms with Gasteiger partial charge in [-0.25, -0.2) is 0 Å². The van der Waals surface area contributed by atoms with Crippen LogP contribution in [0.2, 0.25) is 5.15 Å². The molecule has 1 amide bonds. The zero-order valence-electron chi connectivity index (χ0n) is 13.2. The van der Waals surface area contributed by atoms with Crippen LogP contribution in [-0.2, 0) is 5.41 Å². The molecular formula is C18H19ClN2O2. The van der Waals surface area contributed by atoms with Gasteiger partial charge in [0.1, 0.15) is 5.15 Å². The van der Waals surface area contributed by atoms with E-state index in [2.05, 4.69) is 24.9 Å². The number of pyridine rings is 1. The van der Waals surface area contributed by atoms with E-state index in [9.17, 15) is 9.59 Å². The standard InChI is InChI=1S/C18H19ClN2O2/c1-18(2)8-5-9-21(14-7-4-3-6-13(14)18)17(23)12-10-15(19)20-16(22)11-12/h3-4,6-7,10-11H,5,8-9H2,1-2H3,(H,20,22). The first-order valence-electron chi connectivity index (χ1n) is 7.70. The van der Waals surface area contributed by atoms with Crippen LogP contribution in [0.5, 0.6) is 0 Å². The van der Waals surface area contributed by atoms with Crippen molar-refractivity contribution in [2.45, 2.75) is 32.1 Å². The molecule has 0 saturated heterocycles. The Hall–Kier alpha value is -2.07. The lowest BCUT2D eigenvalue weighted by Gasteiger charge is -2.27. The van der Waals surface area contributed by atoms with E-state index in [1.54, 1.807) is 4.90 Å². The summed E-state index contributed by atoms with van der Waals surface area (Å²) in [6.45, 7) is 5.03. The third-order valence-corrected chi connectivity index (χ3v) is 4.61. The van der Waals surface area contributed by atoms with Gasteiger partial charge in [-0.05, 0) is 36.0 Å². The summed E-state index contributed by atoms with van der Waals surface area (Å²) in [5.74, 6) is -0.192. The second-order valence-corrected chi connectivity index (χ2v) is 6.95. The Morgan fingerprint density at radius 3 is 2.74 bits per heavy atom. The summed E-state index contributed by atoms with van der Waals surface area (Å²) >= 11 is 5.88. The van der Waals surface area contributed by atoms with Gasteiger partial charge in [0.05, 0.1) is 0 Å². The molecule has 2 aromatic rings. The lowest BCUT2D eigenvalue weighted by molar-refractivity contribution is 0.0986.